The molecule has 6 N–H and O–H groups in total. The fraction of sp³-hybridized carbons (Fsp3) is 0.0400. The Morgan fingerprint density at radius 3 is 1.91 bits per heavy atom. The SMILES string of the molecule is Nc1c(NNC(=O)C(c2ccccc2)c2ccccc2)ncnc1Nc1ccc(C(=O)O)cc1. The maximum atomic E-state index is 13.2. The Morgan fingerprint density at radius 1 is 0.794 bits per heavy atom. The second kappa shape index (κ2) is 10.1. The molecule has 0 radical (unpaired) electrons. The lowest BCUT2D eigenvalue weighted by Crippen LogP contribution is -2.35. The van der Waals surface area contributed by atoms with Gasteiger partial charge in [-0.15, -0.1) is 0 Å². The lowest BCUT2D eigenvalue weighted by molar-refractivity contribution is -0.121. The van der Waals surface area contributed by atoms with Crippen LogP contribution in [0.15, 0.2) is 91.3 Å². The number of hydrogen-bond acceptors (Lipinski definition) is 7. The van der Waals surface area contributed by atoms with Gasteiger partial charge in [-0.25, -0.2) is 14.8 Å². The molecule has 0 aliphatic heterocycles. The van der Waals surface area contributed by atoms with E-state index in [1.165, 1.54) is 18.5 Å². The number of anilines is 4. The van der Waals surface area contributed by atoms with Crippen molar-refractivity contribution in [2.24, 2.45) is 0 Å². The second-order valence-electron chi connectivity index (χ2n) is 7.36. The highest BCUT2D eigenvalue weighted by atomic mass is 16.4. The standard InChI is InChI=1S/C25H22N6O3/c26-21-22(29-19-13-11-18(12-14-19)25(33)34)27-15-28-23(21)30-31-24(32)20(16-7-3-1-4-8-16)17-9-5-2-6-10-17/h1-15,20H,26H2,(H,31,32)(H,33,34)(H2,27,28,29,30). The lowest BCUT2D eigenvalue weighted by Gasteiger charge is -2.19. The van der Waals surface area contributed by atoms with Crippen LogP contribution in [0.1, 0.15) is 27.4 Å². The number of nitrogens with zero attached hydrogens (tertiary/aromatic N) is 2. The summed E-state index contributed by atoms with van der Waals surface area (Å²) >= 11 is 0. The zero-order valence-electron chi connectivity index (χ0n) is 18.0. The van der Waals surface area contributed by atoms with E-state index in [0.29, 0.717) is 11.5 Å². The number of hydrazine groups is 1. The van der Waals surface area contributed by atoms with Crippen molar-refractivity contribution < 1.29 is 14.7 Å². The van der Waals surface area contributed by atoms with Crippen molar-refractivity contribution in [2.75, 3.05) is 16.5 Å². The van der Waals surface area contributed by atoms with E-state index in [9.17, 15) is 9.59 Å². The van der Waals surface area contributed by atoms with Crippen molar-refractivity contribution in [1.82, 2.24) is 15.4 Å². The van der Waals surface area contributed by atoms with Gasteiger partial charge in [0.1, 0.15) is 12.0 Å². The predicted molar refractivity (Wildman–Crippen MR) is 130 cm³/mol. The van der Waals surface area contributed by atoms with Crippen molar-refractivity contribution in [2.45, 2.75) is 5.92 Å². The molecule has 3 aromatic carbocycles. The number of hydrogen-bond donors (Lipinski definition) is 5. The second-order valence-corrected chi connectivity index (χ2v) is 7.36. The van der Waals surface area contributed by atoms with Gasteiger partial charge in [0.15, 0.2) is 11.6 Å². The normalized spacial score (nSPS) is 10.5. The number of carboxylic acids is 1. The molecule has 0 saturated heterocycles. The minimum atomic E-state index is -1.01. The van der Waals surface area contributed by atoms with Gasteiger partial charge in [0.2, 0.25) is 5.91 Å². The molecule has 0 atom stereocenters. The molecule has 4 rings (SSSR count). The van der Waals surface area contributed by atoms with Gasteiger partial charge in [0.05, 0.1) is 11.5 Å². The van der Waals surface area contributed by atoms with Gasteiger partial charge in [-0.05, 0) is 35.4 Å². The molecule has 0 fully saturated rings. The molecular weight excluding hydrogens is 432 g/mol. The monoisotopic (exact) mass is 454 g/mol. The van der Waals surface area contributed by atoms with Gasteiger partial charge in [-0.2, -0.15) is 0 Å². The number of aromatic carboxylic acids is 1. The van der Waals surface area contributed by atoms with E-state index in [1.54, 1.807) is 12.1 Å². The van der Waals surface area contributed by atoms with E-state index in [0.717, 1.165) is 11.1 Å². The molecule has 0 unspecified atom stereocenters. The molecule has 0 bridgehead atoms. The fourth-order valence-electron chi connectivity index (χ4n) is 3.41. The number of nitrogens with two attached hydrogens (primary N) is 1. The van der Waals surface area contributed by atoms with Crippen molar-refractivity contribution in [3.8, 4) is 0 Å². The zero-order valence-corrected chi connectivity index (χ0v) is 18.0. The number of nitrogen functional groups attached to an aromatic ring is 1. The van der Waals surface area contributed by atoms with Crippen molar-refractivity contribution >= 4 is 34.9 Å². The third-order valence-corrected chi connectivity index (χ3v) is 5.11. The molecule has 9 heteroatoms. The van der Waals surface area contributed by atoms with Crippen LogP contribution < -0.4 is 21.9 Å². The van der Waals surface area contributed by atoms with E-state index in [2.05, 4.69) is 26.1 Å². The van der Waals surface area contributed by atoms with Crippen molar-refractivity contribution in [3.63, 3.8) is 0 Å². The largest absolute Gasteiger partial charge is 0.478 e. The Bertz CT molecular complexity index is 1240. The summed E-state index contributed by atoms with van der Waals surface area (Å²) in [4.78, 5) is 32.4. The van der Waals surface area contributed by atoms with Crippen LogP contribution in [-0.2, 0) is 4.79 Å². The number of amides is 1. The van der Waals surface area contributed by atoms with E-state index in [-0.39, 0.29) is 23.0 Å². The van der Waals surface area contributed by atoms with Gasteiger partial charge in [0, 0.05) is 5.69 Å². The topological polar surface area (TPSA) is 142 Å². The average Bonchev–Trinajstić information content (AvgIpc) is 2.86. The first-order valence-corrected chi connectivity index (χ1v) is 10.4. The van der Waals surface area contributed by atoms with Crippen LogP contribution in [-0.4, -0.2) is 27.0 Å². The fourth-order valence-corrected chi connectivity index (χ4v) is 3.41. The molecule has 1 heterocycles. The third kappa shape index (κ3) is 5.10. The van der Waals surface area contributed by atoms with Crippen molar-refractivity contribution in [1.29, 1.82) is 0 Å². The highest BCUT2D eigenvalue weighted by molar-refractivity contribution is 5.89. The van der Waals surface area contributed by atoms with Crippen LogP contribution in [0.4, 0.5) is 23.0 Å². The number of benzene rings is 3. The van der Waals surface area contributed by atoms with Crippen LogP contribution >= 0.6 is 0 Å². The zero-order chi connectivity index (χ0) is 23.9. The molecule has 4 aromatic rings. The van der Waals surface area contributed by atoms with Crippen LogP contribution in [0, 0.1) is 0 Å². The summed E-state index contributed by atoms with van der Waals surface area (Å²) in [6.07, 6.45) is 1.30. The Morgan fingerprint density at radius 2 is 1.35 bits per heavy atom. The molecule has 0 spiro atoms. The van der Waals surface area contributed by atoms with Gasteiger partial charge in [0.25, 0.3) is 0 Å². The Hall–Kier alpha value is -4.92. The minimum absolute atomic E-state index is 0.165. The van der Waals surface area contributed by atoms with Gasteiger partial charge in [-0.1, -0.05) is 60.7 Å². The Balaban J connectivity index is 1.50. The summed E-state index contributed by atoms with van der Waals surface area (Å²) in [6, 6.07) is 25.1. The summed E-state index contributed by atoms with van der Waals surface area (Å²) in [5.41, 5.74) is 14.3. The van der Waals surface area contributed by atoms with Crippen LogP contribution in [0.3, 0.4) is 0 Å². The minimum Gasteiger partial charge on any atom is -0.478 e. The summed E-state index contributed by atoms with van der Waals surface area (Å²) in [6.45, 7) is 0. The molecule has 170 valence electrons. The molecule has 0 aliphatic carbocycles. The number of aromatic nitrogens is 2. The molecule has 0 saturated carbocycles. The third-order valence-electron chi connectivity index (χ3n) is 5.11. The van der Waals surface area contributed by atoms with Crippen LogP contribution in [0.25, 0.3) is 0 Å². The predicted octanol–water partition coefficient (Wildman–Crippen LogP) is 3.78. The van der Waals surface area contributed by atoms with Gasteiger partial charge in [-0.3, -0.25) is 15.6 Å². The maximum absolute atomic E-state index is 13.2. The van der Waals surface area contributed by atoms with E-state index < -0.39 is 11.9 Å². The van der Waals surface area contributed by atoms with Crippen LogP contribution in [0.2, 0.25) is 0 Å². The molecule has 9 nitrogen and oxygen atoms in total. The average molecular weight is 454 g/mol. The Kier molecular flexibility index (Phi) is 6.64. The molecule has 34 heavy (non-hydrogen) atoms. The highest BCUT2D eigenvalue weighted by Crippen LogP contribution is 2.27. The smallest absolute Gasteiger partial charge is 0.335 e. The quantitative estimate of drug-likeness (QED) is 0.253. The summed E-state index contributed by atoms with van der Waals surface area (Å²) < 4.78 is 0. The first-order valence-electron chi connectivity index (χ1n) is 10.4. The first kappa shape index (κ1) is 22.3. The summed E-state index contributed by atoms with van der Waals surface area (Å²) in [5.74, 6) is -1.32. The maximum Gasteiger partial charge on any atom is 0.335 e. The van der Waals surface area contributed by atoms with E-state index in [1.807, 2.05) is 60.7 Å². The van der Waals surface area contributed by atoms with Gasteiger partial charge < -0.3 is 16.2 Å². The van der Waals surface area contributed by atoms with Crippen LogP contribution in [0.5, 0.6) is 0 Å². The molecule has 1 amide bonds. The van der Waals surface area contributed by atoms with E-state index in [4.69, 9.17) is 10.8 Å². The number of carboxylic acid groups (broad SMARTS) is 1. The molecule has 1 aromatic heterocycles. The molecule has 0 aliphatic rings. The molecular formula is C25H22N6O3. The van der Waals surface area contributed by atoms with E-state index >= 15 is 0 Å². The lowest BCUT2D eigenvalue weighted by atomic mass is 9.91. The highest BCUT2D eigenvalue weighted by Gasteiger charge is 2.23. The van der Waals surface area contributed by atoms with Crippen molar-refractivity contribution in [3.05, 3.63) is 108 Å². The summed E-state index contributed by atoms with van der Waals surface area (Å²) in [7, 11) is 0. The number of nitrogens with one attached hydrogen (secondary N) is 3. The number of carbonyl (C=O) groups excluding carboxylic acids is 1. The number of carbonyl (C=O) groups is 2. The summed E-state index contributed by atoms with van der Waals surface area (Å²) in [5, 5.41) is 12.0. The first-order chi connectivity index (χ1) is 16.5. The number of rotatable bonds is 8. The van der Waals surface area contributed by atoms with Gasteiger partial charge >= 0.3 is 5.97 Å². The Labute approximate surface area is 195 Å².